The van der Waals surface area contributed by atoms with E-state index in [9.17, 15) is 18.0 Å². The fourth-order valence-corrected chi connectivity index (χ4v) is 2.12. The van der Waals surface area contributed by atoms with Crippen molar-refractivity contribution in [2.24, 2.45) is 5.73 Å². The van der Waals surface area contributed by atoms with E-state index in [-0.39, 0.29) is 10.5 Å². The largest absolute Gasteiger partial charge is 0.449 e. The van der Waals surface area contributed by atoms with E-state index in [1.807, 2.05) is 0 Å². The molecular weight excluding hydrogens is 258 g/mol. The number of amides is 1. The van der Waals surface area contributed by atoms with Crippen molar-refractivity contribution in [2.75, 3.05) is 6.26 Å². The molecule has 1 rings (SSSR count). The van der Waals surface area contributed by atoms with Crippen molar-refractivity contribution in [3.05, 3.63) is 29.8 Å². The minimum Gasteiger partial charge on any atom is -0.449 e. The van der Waals surface area contributed by atoms with Crippen LogP contribution in [0.25, 0.3) is 0 Å². The van der Waals surface area contributed by atoms with Crippen LogP contribution in [0, 0.1) is 0 Å². The average Bonchev–Trinajstić information content (AvgIpc) is 2.27. The second-order valence-electron chi connectivity index (χ2n) is 3.72. The maximum Gasteiger partial charge on any atom is 0.340 e. The molecule has 0 spiro atoms. The molecular formula is C11H13NO5S. The number of ether oxygens (including phenoxy) is 1. The Labute approximate surface area is 105 Å². The summed E-state index contributed by atoms with van der Waals surface area (Å²) in [4.78, 5) is 22.4. The van der Waals surface area contributed by atoms with Crippen molar-refractivity contribution >= 4 is 21.7 Å². The number of rotatable bonds is 4. The first-order chi connectivity index (χ1) is 8.23. The second kappa shape index (κ2) is 5.18. The molecule has 18 heavy (non-hydrogen) atoms. The van der Waals surface area contributed by atoms with Gasteiger partial charge in [0.25, 0.3) is 5.91 Å². The summed E-state index contributed by atoms with van der Waals surface area (Å²) in [5, 5.41) is 0. The highest BCUT2D eigenvalue weighted by Gasteiger charge is 2.22. The Morgan fingerprint density at radius 1 is 1.28 bits per heavy atom. The molecule has 0 aliphatic carbocycles. The number of primary amides is 1. The maximum atomic E-state index is 11.7. The van der Waals surface area contributed by atoms with Gasteiger partial charge in [0, 0.05) is 6.26 Å². The fraction of sp³-hybridized carbons (Fsp3) is 0.273. The Morgan fingerprint density at radius 3 is 2.33 bits per heavy atom. The van der Waals surface area contributed by atoms with Crippen LogP contribution in [0.3, 0.4) is 0 Å². The molecule has 1 unspecified atom stereocenters. The summed E-state index contributed by atoms with van der Waals surface area (Å²) in [6.45, 7) is 1.31. The van der Waals surface area contributed by atoms with Crippen LogP contribution in [0.5, 0.6) is 0 Å². The summed E-state index contributed by atoms with van der Waals surface area (Å²) in [7, 11) is -3.55. The molecule has 1 atom stereocenters. The van der Waals surface area contributed by atoms with Gasteiger partial charge in [0.15, 0.2) is 15.9 Å². The molecule has 0 aromatic heterocycles. The SMILES string of the molecule is CC(OC(=O)c1ccccc1S(C)(=O)=O)C(N)=O. The first-order valence-electron chi connectivity index (χ1n) is 5.03. The minimum absolute atomic E-state index is 0.117. The highest BCUT2D eigenvalue weighted by Crippen LogP contribution is 2.16. The van der Waals surface area contributed by atoms with E-state index >= 15 is 0 Å². The molecule has 0 aliphatic rings. The van der Waals surface area contributed by atoms with Crippen LogP contribution in [0.2, 0.25) is 0 Å². The predicted molar refractivity (Wildman–Crippen MR) is 63.6 cm³/mol. The molecule has 1 amide bonds. The quantitative estimate of drug-likeness (QED) is 0.783. The molecule has 7 heteroatoms. The number of hydrogen-bond donors (Lipinski definition) is 1. The third-order valence-corrected chi connectivity index (χ3v) is 3.35. The van der Waals surface area contributed by atoms with Gasteiger partial charge in [0.1, 0.15) is 0 Å². The Morgan fingerprint density at radius 2 is 1.83 bits per heavy atom. The lowest BCUT2D eigenvalue weighted by Gasteiger charge is -2.11. The zero-order valence-electron chi connectivity index (χ0n) is 9.91. The van der Waals surface area contributed by atoms with E-state index < -0.39 is 27.8 Å². The van der Waals surface area contributed by atoms with Crippen LogP contribution >= 0.6 is 0 Å². The third kappa shape index (κ3) is 3.30. The monoisotopic (exact) mass is 271 g/mol. The van der Waals surface area contributed by atoms with Gasteiger partial charge in [0.05, 0.1) is 10.5 Å². The Bertz CT molecular complexity index is 579. The Kier molecular flexibility index (Phi) is 4.07. The van der Waals surface area contributed by atoms with Gasteiger partial charge >= 0.3 is 5.97 Å². The van der Waals surface area contributed by atoms with Crippen molar-refractivity contribution in [2.45, 2.75) is 17.9 Å². The van der Waals surface area contributed by atoms with Crippen molar-refractivity contribution in [1.29, 1.82) is 0 Å². The van der Waals surface area contributed by atoms with E-state index in [0.29, 0.717) is 0 Å². The summed E-state index contributed by atoms with van der Waals surface area (Å²) in [6.07, 6.45) is -0.137. The van der Waals surface area contributed by atoms with Gasteiger partial charge in [0.2, 0.25) is 0 Å². The number of hydrogen-bond acceptors (Lipinski definition) is 5. The molecule has 0 saturated carbocycles. The highest BCUT2D eigenvalue weighted by atomic mass is 32.2. The topological polar surface area (TPSA) is 104 Å². The van der Waals surface area contributed by atoms with Gasteiger partial charge < -0.3 is 10.5 Å². The number of esters is 1. The summed E-state index contributed by atoms with van der Waals surface area (Å²) < 4.78 is 27.7. The zero-order valence-corrected chi connectivity index (χ0v) is 10.7. The lowest BCUT2D eigenvalue weighted by Crippen LogP contribution is -2.30. The highest BCUT2D eigenvalue weighted by molar-refractivity contribution is 7.90. The van der Waals surface area contributed by atoms with Crippen LogP contribution < -0.4 is 5.73 Å². The van der Waals surface area contributed by atoms with Crippen LogP contribution in [-0.4, -0.2) is 32.7 Å². The summed E-state index contributed by atoms with van der Waals surface area (Å²) in [6, 6.07) is 5.60. The average molecular weight is 271 g/mol. The molecule has 2 N–H and O–H groups in total. The molecule has 0 heterocycles. The number of carbonyl (C=O) groups excluding carboxylic acids is 2. The fourth-order valence-electron chi connectivity index (χ4n) is 1.24. The van der Waals surface area contributed by atoms with Crippen LogP contribution in [0.15, 0.2) is 29.2 Å². The van der Waals surface area contributed by atoms with Crippen LogP contribution in [-0.2, 0) is 19.4 Å². The lowest BCUT2D eigenvalue weighted by atomic mass is 10.2. The molecule has 98 valence electrons. The molecule has 0 aliphatic heterocycles. The first-order valence-corrected chi connectivity index (χ1v) is 6.92. The first kappa shape index (κ1) is 14.2. The maximum absolute atomic E-state index is 11.7. The van der Waals surface area contributed by atoms with Gasteiger partial charge in [-0.2, -0.15) is 0 Å². The van der Waals surface area contributed by atoms with Crippen molar-refractivity contribution < 1.29 is 22.7 Å². The lowest BCUT2D eigenvalue weighted by molar-refractivity contribution is -0.125. The van der Waals surface area contributed by atoms with Gasteiger partial charge in [-0.25, -0.2) is 13.2 Å². The number of benzene rings is 1. The molecule has 0 radical (unpaired) electrons. The molecule has 1 aromatic carbocycles. The molecule has 0 saturated heterocycles. The summed E-state index contributed by atoms with van der Waals surface area (Å²) >= 11 is 0. The van der Waals surface area contributed by atoms with E-state index in [1.165, 1.54) is 31.2 Å². The van der Waals surface area contributed by atoms with Crippen molar-refractivity contribution in [3.8, 4) is 0 Å². The standard InChI is InChI=1S/C11H13NO5S/c1-7(10(12)13)17-11(14)8-5-3-4-6-9(8)18(2,15)16/h3-7H,1-2H3,(H2,12,13). The van der Waals surface area contributed by atoms with Crippen LogP contribution in [0.1, 0.15) is 17.3 Å². The Balaban J connectivity index is 3.11. The van der Waals surface area contributed by atoms with E-state index in [1.54, 1.807) is 0 Å². The van der Waals surface area contributed by atoms with E-state index in [0.717, 1.165) is 6.26 Å². The minimum atomic E-state index is -3.55. The van der Waals surface area contributed by atoms with Gasteiger partial charge in [-0.05, 0) is 19.1 Å². The van der Waals surface area contributed by atoms with E-state index in [2.05, 4.69) is 0 Å². The van der Waals surface area contributed by atoms with Crippen LogP contribution in [0.4, 0.5) is 0 Å². The third-order valence-electron chi connectivity index (χ3n) is 2.19. The van der Waals surface area contributed by atoms with E-state index in [4.69, 9.17) is 10.5 Å². The molecule has 0 fully saturated rings. The smallest absolute Gasteiger partial charge is 0.340 e. The summed E-state index contributed by atoms with van der Waals surface area (Å²) in [5.74, 6) is -1.71. The molecule has 0 bridgehead atoms. The normalized spacial score (nSPS) is 12.8. The number of sulfone groups is 1. The molecule has 1 aromatic rings. The number of carbonyl (C=O) groups is 2. The zero-order chi connectivity index (χ0) is 13.9. The Hall–Kier alpha value is -1.89. The molecule has 6 nitrogen and oxygen atoms in total. The predicted octanol–water partition coefficient (Wildman–Crippen LogP) is 0.121. The number of nitrogens with two attached hydrogens (primary N) is 1. The second-order valence-corrected chi connectivity index (χ2v) is 5.70. The van der Waals surface area contributed by atoms with Gasteiger partial charge in [-0.3, -0.25) is 4.79 Å². The van der Waals surface area contributed by atoms with Gasteiger partial charge in [-0.15, -0.1) is 0 Å². The summed E-state index contributed by atoms with van der Waals surface area (Å²) in [5.41, 5.74) is 4.83. The van der Waals surface area contributed by atoms with Crippen molar-refractivity contribution in [3.63, 3.8) is 0 Å². The van der Waals surface area contributed by atoms with Gasteiger partial charge in [-0.1, -0.05) is 12.1 Å². The van der Waals surface area contributed by atoms with Crippen molar-refractivity contribution in [1.82, 2.24) is 0 Å².